The van der Waals surface area contributed by atoms with E-state index in [0.29, 0.717) is 11.4 Å². The summed E-state index contributed by atoms with van der Waals surface area (Å²) in [5.74, 6) is -0.159. The third kappa shape index (κ3) is 4.14. The molecule has 0 N–H and O–H groups in total. The Morgan fingerprint density at radius 1 is 1.12 bits per heavy atom. The lowest BCUT2D eigenvalue weighted by Crippen LogP contribution is -2.39. The van der Waals surface area contributed by atoms with Crippen LogP contribution in [0, 0.1) is 5.41 Å². The Bertz CT molecular complexity index is 691. The Labute approximate surface area is 163 Å². The van der Waals surface area contributed by atoms with E-state index in [1.807, 2.05) is 18.2 Å². The van der Waals surface area contributed by atoms with Crippen LogP contribution in [0.1, 0.15) is 44.6 Å². The number of halogens is 2. The van der Waals surface area contributed by atoms with Gasteiger partial charge in [0, 0.05) is 15.5 Å². The molecule has 1 aliphatic heterocycles. The van der Waals surface area contributed by atoms with Crippen LogP contribution in [0.3, 0.4) is 0 Å². The van der Waals surface area contributed by atoms with E-state index in [9.17, 15) is 9.59 Å². The summed E-state index contributed by atoms with van der Waals surface area (Å²) in [7, 11) is 0. The molecule has 0 radical (unpaired) electrons. The highest BCUT2D eigenvalue weighted by atomic mass is 79.9. The molecule has 1 aliphatic carbocycles. The molecule has 3 rings (SSSR count). The second-order valence-corrected chi connectivity index (χ2v) is 9.67. The van der Waals surface area contributed by atoms with E-state index in [1.54, 1.807) is 6.08 Å². The summed E-state index contributed by atoms with van der Waals surface area (Å²) in [6, 6.07) is 5.80. The maximum absolute atomic E-state index is 12.7. The predicted octanol–water partition coefficient (Wildman–Crippen LogP) is 6.22. The fourth-order valence-electron chi connectivity index (χ4n) is 3.39. The van der Waals surface area contributed by atoms with Gasteiger partial charge in [0.05, 0.1) is 4.91 Å². The summed E-state index contributed by atoms with van der Waals surface area (Å²) >= 11 is 7.93. The van der Waals surface area contributed by atoms with Crippen molar-refractivity contribution in [2.24, 2.45) is 5.41 Å². The molecule has 24 heavy (non-hydrogen) atoms. The number of hydrogen-bond acceptors (Lipinski definition) is 3. The van der Waals surface area contributed by atoms with Crippen molar-refractivity contribution in [3.8, 4) is 0 Å². The van der Waals surface area contributed by atoms with Crippen LogP contribution in [0.4, 0.5) is 4.79 Å². The van der Waals surface area contributed by atoms with Crippen LogP contribution in [-0.4, -0.2) is 22.6 Å². The van der Waals surface area contributed by atoms with E-state index in [4.69, 9.17) is 0 Å². The molecule has 2 aliphatic rings. The van der Waals surface area contributed by atoms with Crippen molar-refractivity contribution in [3.05, 3.63) is 37.6 Å². The molecule has 0 aromatic heterocycles. The average molecular weight is 473 g/mol. The average Bonchev–Trinajstić information content (AvgIpc) is 2.74. The first-order chi connectivity index (χ1) is 11.4. The van der Waals surface area contributed by atoms with Crippen molar-refractivity contribution in [1.29, 1.82) is 0 Å². The zero-order valence-corrected chi connectivity index (χ0v) is 17.5. The Morgan fingerprint density at radius 2 is 1.75 bits per heavy atom. The molecular formula is C18H19Br2NO2S. The zero-order valence-electron chi connectivity index (χ0n) is 13.5. The number of imide groups is 1. The van der Waals surface area contributed by atoms with Gasteiger partial charge in [0.2, 0.25) is 0 Å². The van der Waals surface area contributed by atoms with E-state index in [1.165, 1.54) is 24.2 Å². The normalized spacial score (nSPS) is 22.5. The van der Waals surface area contributed by atoms with Crippen LogP contribution in [0.25, 0.3) is 6.08 Å². The zero-order chi connectivity index (χ0) is 17.3. The number of carbonyl (C=O) groups is 2. The number of nitrogens with zero attached hydrogens (tertiary/aromatic N) is 1. The Kier molecular flexibility index (Phi) is 5.57. The van der Waals surface area contributed by atoms with Crippen molar-refractivity contribution in [3.63, 3.8) is 0 Å². The van der Waals surface area contributed by atoms with E-state index in [2.05, 4.69) is 38.8 Å². The number of carbonyl (C=O) groups excluding carboxylic acids is 2. The number of amides is 2. The molecule has 1 heterocycles. The molecule has 2 fully saturated rings. The van der Waals surface area contributed by atoms with Crippen LogP contribution < -0.4 is 0 Å². The summed E-state index contributed by atoms with van der Waals surface area (Å²) in [5, 5.41) is -0.146. The number of rotatable bonds is 3. The van der Waals surface area contributed by atoms with Crippen molar-refractivity contribution < 1.29 is 9.59 Å². The maximum Gasteiger partial charge on any atom is 0.293 e. The molecule has 1 aromatic rings. The summed E-state index contributed by atoms with van der Waals surface area (Å²) in [6.45, 7) is 2.74. The van der Waals surface area contributed by atoms with Gasteiger partial charge in [0.25, 0.3) is 11.1 Å². The highest BCUT2D eigenvalue weighted by Gasteiger charge is 2.40. The molecule has 0 bridgehead atoms. The minimum atomic E-state index is -0.159. The first-order valence-corrected chi connectivity index (χ1v) is 10.5. The fraction of sp³-hybridized carbons (Fsp3) is 0.444. The smallest absolute Gasteiger partial charge is 0.268 e. The van der Waals surface area contributed by atoms with Crippen molar-refractivity contribution >= 4 is 60.8 Å². The van der Waals surface area contributed by atoms with Crippen LogP contribution in [-0.2, 0) is 4.79 Å². The number of hydrogen-bond donors (Lipinski definition) is 0. The molecule has 0 spiro atoms. The van der Waals surface area contributed by atoms with E-state index in [0.717, 1.165) is 39.1 Å². The first-order valence-electron chi connectivity index (χ1n) is 8.08. The van der Waals surface area contributed by atoms with E-state index < -0.39 is 0 Å². The molecular weight excluding hydrogens is 454 g/mol. The third-order valence-corrected chi connectivity index (χ3v) is 6.48. The molecule has 1 saturated heterocycles. The molecule has 2 amide bonds. The van der Waals surface area contributed by atoms with Crippen LogP contribution >= 0.6 is 43.6 Å². The quantitative estimate of drug-likeness (QED) is 0.490. The SMILES string of the molecule is CC1(CN2C(=O)SC(=Cc3cc(Br)cc(Br)c3)C2=O)CCCCC1. The molecule has 6 heteroatoms. The van der Waals surface area contributed by atoms with Gasteiger partial charge in [-0.2, -0.15) is 0 Å². The second kappa shape index (κ2) is 7.34. The molecule has 128 valence electrons. The Morgan fingerprint density at radius 3 is 2.38 bits per heavy atom. The lowest BCUT2D eigenvalue weighted by atomic mass is 9.75. The topological polar surface area (TPSA) is 37.4 Å². The van der Waals surface area contributed by atoms with Gasteiger partial charge in [-0.15, -0.1) is 0 Å². The number of benzene rings is 1. The largest absolute Gasteiger partial charge is 0.293 e. The third-order valence-electron chi connectivity index (χ3n) is 4.66. The second-order valence-electron chi connectivity index (χ2n) is 6.84. The number of thioether (sulfide) groups is 1. The van der Waals surface area contributed by atoms with Gasteiger partial charge in [0.1, 0.15) is 0 Å². The van der Waals surface area contributed by atoms with Gasteiger partial charge < -0.3 is 0 Å². The highest BCUT2D eigenvalue weighted by molar-refractivity contribution is 9.11. The van der Waals surface area contributed by atoms with Crippen LogP contribution in [0.15, 0.2) is 32.0 Å². The van der Waals surface area contributed by atoms with Gasteiger partial charge in [-0.3, -0.25) is 14.5 Å². The minimum absolute atomic E-state index is 0.0678. The van der Waals surface area contributed by atoms with Gasteiger partial charge in [-0.05, 0) is 59.9 Å². The summed E-state index contributed by atoms with van der Waals surface area (Å²) in [5.41, 5.74) is 0.962. The minimum Gasteiger partial charge on any atom is -0.268 e. The fourth-order valence-corrected chi connectivity index (χ4v) is 5.56. The molecule has 0 unspecified atom stereocenters. The monoisotopic (exact) mass is 471 g/mol. The van der Waals surface area contributed by atoms with Crippen LogP contribution in [0.2, 0.25) is 0 Å². The van der Waals surface area contributed by atoms with Gasteiger partial charge >= 0.3 is 0 Å². The standard InChI is InChI=1S/C18H19Br2NO2S/c1-18(5-3-2-4-6-18)11-21-16(22)15(24-17(21)23)9-12-7-13(19)10-14(20)8-12/h7-10H,2-6,11H2,1H3. The summed E-state index contributed by atoms with van der Waals surface area (Å²) in [6.07, 6.45) is 7.61. The van der Waals surface area contributed by atoms with Crippen molar-refractivity contribution in [2.45, 2.75) is 39.0 Å². The maximum atomic E-state index is 12.7. The highest BCUT2D eigenvalue weighted by Crippen LogP contribution is 2.40. The Hall–Kier alpha value is -0.590. The summed E-state index contributed by atoms with van der Waals surface area (Å²) < 4.78 is 1.86. The van der Waals surface area contributed by atoms with Crippen molar-refractivity contribution in [1.82, 2.24) is 4.90 Å². The van der Waals surface area contributed by atoms with Gasteiger partial charge in [-0.25, -0.2) is 0 Å². The van der Waals surface area contributed by atoms with Gasteiger partial charge in [-0.1, -0.05) is 58.0 Å². The lowest BCUT2D eigenvalue weighted by molar-refractivity contribution is -0.124. The van der Waals surface area contributed by atoms with Crippen LogP contribution in [0.5, 0.6) is 0 Å². The molecule has 3 nitrogen and oxygen atoms in total. The van der Waals surface area contributed by atoms with E-state index in [-0.39, 0.29) is 16.6 Å². The van der Waals surface area contributed by atoms with Crippen molar-refractivity contribution in [2.75, 3.05) is 6.54 Å². The Balaban J connectivity index is 1.79. The predicted molar refractivity (Wildman–Crippen MR) is 106 cm³/mol. The molecule has 1 aromatic carbocycles. The first kappa shape index (κ1) is 18.2. The molecule has 1 saturated carbocycles. The van der Waals surface area contributed by atoms with E-state index >= 15 is 0 Å². The lowest BCUT2D eigenvalue weighted by Gasteiger charge is -2.35. The molecule has 0 atom stereocenters. The summed E-state index contributed by atoms with van der Waals surface area (Å²) in [4.78, 5) is 27.0. The van der Waals surface area contributed by atoms with Gasteiger partial charge in [0.15, 0.2) is 0 Å².